The van der Waals surface area contributed by atoms with E-state index in [0.29, 0.717) is 5.56 Å². The Bertz CT molecular complexity index is 3040. The Kier molecular flexibility index (Phi) is 6.48. The van der Waals surface area contributed by atoms with Gasteiger partial charge in [-0.3, -0.25) is 0 Å². The van der Waals surface area contributed by atoms with E-state index in [1.165, 1.54) is 38.6 Å². The summed E-state index contributed by atoms with van der Waals surface area (Å²) in [7, 11) is 0. The van der Waals surface area contributed by atoms with Gasteiger partial charge in [0.05, 0.1) is 39.8 Å². The van der Waals surface area contributed by atoms with Gasteiger partial charge in [-0.25, -0.2) is 0 Å². The number of furan rings is 1. The molecule has 0 N–H and O–H groups in total. The highest BCUT2D eigenvalue weighted by Crippen LogP contribution is 2.54. The molecule has 1 aliphatic heterocycles. The zero-order chi connectivity index (χ0) is 36.0. The fourth-order valence-corrected chi connectivity index (χ4v) is 9.16. The highest BCUT2D eigenvalue weighted by atomic mass is 16.3. The van der Waals surface area contributed by atoms with Gasteiger partial charge in [-0.1, -0.05) is 109 Å². The summed E-state index contributed by atoms with van der Waals surface area (Å²) >= 11 is 0. The van der Waals surface area contributed by atoms with E-state index in [2.05, 4.69) is 180 Å². The van der Waals surface area contributed by atoms with Crippen LogP contribution in [0.5, 0.6) is 0 Å². The number of hydrogen-bond donors (Lipinski definition) is 0. The van der Waals surface area contributed by atoms with Crippen LogP contribution in [-0.2, 0) is 5.41 Å². The van der Waals surface area contributed by atoms with Gasteiger partial charge < -0.3 is 13.9 Å². The van der Waals surface area contributed by atoms with Gasteiger partial charge in [0.2, 0.25) is 0 Å². The molecule has 0 radical (unpaired) electrons. The quantitative estimate of drug-likeness (QED) is 0.185. The first-order valence-corrected chi connectivity index (χ1v) is 18.4. The van der Waals surface area contributed by atoms with Crippen LogP contribution >= 0.6 is 0 Å². The Morgan fingerprint density at radius 1 is 0.611 bits per heavy atom. The molecule has 0 fully saturated rings. The van der Waals surface area contributed by atoms with Crippen molar-refractivity contribution in [2.24, 2.45) is 0 Å². The first kappa shape index (κ1) is 30.5. The minimum absolute atomic E-state index is 0.0522. The van der Waals surface area contributed by atoms with Crippen LogP contribution in [0.4, 0.5) is 11.4 Å². The molecule has 0 amide bonds. The van der Waals surface area contributed by atoms with Gasteiger partial charge in [0.15, 0.2) is 0 Å². The largest absolute Gasteiger partial charge is 0.456 e. The minimum atomic E-state index is -0.320. The topological polar surface area (TPSA) is 45.1 Å². The van der Waals surface area contributed by atoms with Crippen LogP contribution in [0.25, 0.3) is 66.1 Å². The van der Waals surface area contributed by atoms with Gasteiger partial charge in [0.25, 0.3) is 0 Å². The van der Waals surface area contributed by atoms with Gasteiger partial charge in [-0.15, -0.1) is 0 Å². The third-order valence-corrected chi connectivity index (χ3v) is 11.6. The highest BCUT2D eigenvalue weighted by Gasteiger charge is 2.47. The Morgan fingerprint density at radius 2 is 1.26 bits per heavy atom. The maximum atomic E-state index is 9.55. The number of allylic oxidation sites excluding steroid dienone is 2. The molecule has 0 saturated carbocycles. The fraction of sp³-hybridized carbons (Fsp3) is 0.0600. The highest BCUT2D eigenvalue weighted by molar-refractivity contribution is 6.13. The van der Waals surface area contributed by atoms with Crippen molar-refractivity contribution in [2.75, 3.05) is 4.90 Å². The summed E-state index contributed by atoms with van der Waals surface area (Å²) in [6, 6.07) is 58.1. The van der Waals surface area contributed by atoms with Gasteiger partial charge in [-0.05, 0) is 101 Å². The molecule has 7 aromatic carbocycles. The molecular formula is C50H33N3O. The van der Waals surface area contributed by atoms with Crippen molar-refractivity contribution in [3.8, 4) is 22.9 Å². The van der Waals surface area contributed by atoms with Crippen molar-refractivity contribution in [3.63, 3.8) is 0 Å². The normalized spacial score (nSPS) is 17.6. The molecule has 0 bridgehead atoms. The molecule has 2 aliphatic rings. The summed E-state index contributed by atoms with van der Waals surface area (Å²) in [6.07, 6.45) is 7.19. The minimum Gasteiger partial charge on any atom is -0.456 e. The number of benzene rings is 7. The lowest BCUT2D eigenvalue weighted by atomic mass is 9.73. The standard InChI is InChI=1S/C50H33N3O/c1-50-30-34(25-26-48(50)53(44-17-8-5-14-41(44)50)45-18-10-20-47-49(45)40-13-4-9-19-46(40)54-47)36-27-35(33-23-21-32(31-51)22-24-33)28-37(29-36)52-42-15-6-2-11-38(42)39-12-3-7-16-43(39)52/h2-30,48H,1H3. The number of fused-ring (bicyclic) bond motifs is 9. The Morgan fingerprint density at radius 3 is 2.04 bits per heavy atom. The SMILES string of the molecule is CC12C=C(c3cc(-c4ccc(C#N)cc4)cc(-n4c5ccccc5c5ccccc54)c3)C=CC1N(c1cccc3oc4ccccc4c13)c1ccccc12. The van der Waals surface area contributed by atoms with Crippen LogP contribution in [0.15, 0.2) is 180 Å². The lowest BCUT2D eigenvalue weighted by molar-refractivity contribution is 0.553. The molecule has 2 unspecified atom stereocenters. The molecule has 1 aliphatic carbocycles. The third-order valence-electron chi connectivity index (χ3n) is 11.6. The number of aromatic nitrogens is 1. The molecule has 254 valence electrons. The third kappa shape index (κ3) is 4.36. The van der Waals surface area contributed by atoms with Gasteiger partial charge >= 0.3 is 0 Å². The molecular weight excluding hydrogens is 659 g/mol. The van der Waals surface area contributed by atoms with Crippen LogP contribution in [-0.4, -0.2) is 10.6 Å². The molecule has 4 heteroatoms. The molecule has 3 heterocycles. The zero-order valence-corrected chi connectivity index (χ0v) is 29.6. The summed E-state index contributed by atoms with van der Waals surface area (Å²) in [5.41, 5.74) is 13.7. The Balaban J connectivity index is 1.11. The van der Waals surface area contributed by atoms with E-state index in [9.17, 15) is 5.26 Å². The lowest BCUT2D eigenvalue weighted by Gasteiger charge is -2.36. The van der Waals surface area contributed by atoms with Gasteiger partial charge in [0, 0.05) is 32.9 Å². The van der Waals surface area contributed by atoms with E-state index < -0.39 is 0 Å². The fourth-order valence-electron chi connectivity index (χ4n) is 9.16. The summed E-state index contributed by atoms with van der Waals surface area (Å²) in [6.45, 7) is 2.38. The van der Waals surface area contributed by atoms with Crippen molar-refractivity contribution in [1.29, 1.82) is 5.26 Å². The van der Waals surface area contributed by atoms with Crippen LogP contribution in [0.1, 0.15) is 23.6 Å². The van der Waals surface area contributed by atoms with E-state index in [-0.39, 0.29) is 11.5 Å². The number of para-hydroxylation sites is 4. The van der Waals surface area contributed by atoms with Crippen LogP contribution in [0.3, 0.4) is 0 Å². The molecule has 2 atom stereocenters. The van der Waals surface area contributed by atoms with Crippen molar-refractivity contribution >= 4 is 60.7 Å². The number of nitrogens with zero attached hydrogens (tertiary/aromatic N) is 3. The predicted molar refractivity (Wildman–Crippen MR) is 221 cm³/mol. The van der Waals surface area contributed by atoms with E-state index in [1.807, 2.05) is 18.2 Å². The summed E-state index contributed by atoms with van der Waals surface area (Å²) in [5.74, 6) is 0. The van der Waals surface area contributed by atoms with Crippen molar-refractivity contribution in [1.82, 2.24) is 4.57 Å². The van der Waals surface area contributed by atoms with Crippen LogP contribution < -0.4 is 4.90 Å². The number of hydrogen-bond acceptors (Lipinski definition) is 3. The molecule has 4 nitrogen and oxygen atoms in total. The van der Waals surface area contributed by atoms with E-state index >= 15 is 0 Å². The maximum absolute atomic E-state index is 9.55. The molecule has 0 saturated heterocycles. The average molecular weight is 692 g/mol. The molecule has 2 aromatic heterocycles. The molecule has 11 rings (SSSR count). The average Bonchev–Trinajstić information content (AvgIpc) is 3.86. The van der Waals surface area contributed by atoms with E-state index in [0.717, 1.165) is 50.0 Å². The van der Waals surface area contributed by atoms with Gasteiger partial charge in [0.1, 0.15) is 11.2 Å². The van der Waals surface area contributed by atoms with Crippen LogP contribution in [0, 0.1) is 11.3 Å². The summed E-state index contributed by atoms with van der Waals surface area (Å²) < 4.78 is 8.75. The van der Waals surface area contributed by atoms with Gasteiger partial charge in [-0.2, -0.15) is 5.26 Å². The number of nitriles is 1. The molecule has 54 heavy (non-hydrogen) atoms. The Labute approximate surface area is 312 Å². The predicted octanol–water partition coefficient (Wildman–Crippen LogP) is 12.7. The maximum Gasteiger partial charge on any atom is 0.137 e. The zero-order valence-electron chi connectivity index (χ0n) is 29.6. The Hall–Kier alpha value is -7.09. The smallest absolute Gasteiger partial charge is 0.137 e. The summed E-state index contributed by atoms with van der Waals surface area (Å²) in [5, 5.41) is 14.3. The lowest BCUT2D eigenvalue weighted by Crippen LogP contribution is -2.39. The monoisotopic (exact) mass is 691 g/mol. The van der Waals surface area contributed by atoms with Crippen molar-refractivity contribution < 1.29 is 4.42 Å². The second kappa shape index (κ2) is 11.5. The molecule has 9 aromatic rings. The number of rotatable bonds is 4. The van der Waals surface area contributed by atoms with Crippen LogP contribution in [0.2, 0.25) is 0 Å². The first-order valence-electron chi connectivity index (χ1n) is 18.4. The number of anilines is 2. The summed E-state index contributed by atoms with van der Waals surface area (Å²) in [4.78, 5) is 2.51. The van der Waals surface area contributed by atoms with Crippen molar-refractivity contribution in [3.05, 3.63) is 193 Å². The van der Waals surface area contributed by atoms with E-state index in [1.54, 1.807) is 0 Å². The van der Waals surface area contributed by atoms with Crippen molar-refractivity contribution in [2.45, 2.75) is 18.4 Å². The molecule has 0 spiro atoms. The van der Waals surface area contributed by atoms with E-state index in [4.69, 9.17) is 4.42 Å². The second-order valence-corrected chi connectivity index (χ2v) is 14.6. The second-order valence-electron chi connectivity index (χ2n) is 14.6. The first-order chi connectivity index (χ1) is 26.6.